The Morgan fingerprint density at radius 1 is 1.44 bits per heavy atom. The van der Waals surface area contributed by atoms with Crippen LogP contribution in [0.5, 0.6) is 5.75 Å². The Morgan fingerprint density at radius 2 is 2.19 bits per heavy atom. The van der Waals surface area contributed by atoms with Gasteiger partial charge < -0.3 is 9.84 Å². The average Bonchev–Trinajstić information content (AvgIpc) is 2.73. The van der Waals surface area contributed by atoms with E-state index in [4.69, 9.17) is 9.84 Å². The van der Waals surface area contributed by atoms with Crippen LogP contribution in [0.3, 0.4) is 0 Å². The van der Waals surface area contributed by atoms with Gasteiger partial charge in [-0.15, -0.1) is 0 Å². The molecule has 1 heterocycles. The minimum Gasteiger partial charge on any atom is -0.493 e. The molecule has 0 aliphatic carbocycles. The molecule has 0 bridgehead atoms. The standard InChI is InChI=1S/C12H12O4/c1-7(12(14)15)11(13)9-2-3-10-8(6-9)4-5-16-10/h2-3,6-7H,4-5H2,1H3,(H,14,15). The first kappa shape index (κ1) is 10.7. The quantitative estimate of drug-likeness (QED) is 0.619. The fourth-order valence-corrected chi connectivity index (χ4v) is 1.70. The van der Waals surface area contributed by atoms with Crippen LogP contribution >= 0.6 is 0 Å². The number of benzene rings is 1. The number of rotatable bonds is 3. The Hall–Kier alpha value is -1.84. The van der Waals surface area contributed by atoms with E-state index in [9.17, 15) is 9.59 Å². The molecule has 0 saturated heterocycles. The minimum absolute atomic E-state index is 0.359. The van der Waals surface area contributed by atoms with Crippen molar-refractivity contribution < 1.29 is 19.4 Å². The zero-order valence-corrected chi connectivity index (χ0v) is 8.90. The summed E-state index contributed by atoms with van der Waals surface area (Å²) < 4.78 is 5.31. The predicted octanol–water partition coefficient (Wildman–Crippen LogP) is 1.52. The van der Waals surface area contributed by atoms with Crippen LogP contribution in [0, 0.1) is 5.92 Å². The molecule has 1 aliphatic rings. The molecule has 1 atom stereocenters. The third-order valence-electron chi connectivity index (χ3n) is 2.74. The third kappa shape index (κ3) is 1.78. The lowest BCUT2D eigenvalue weighted by atomic mass is 9.97. The highest BCUT2D eigenvalue weighted by Crippen LogP contribution is 2.26. The molecular formula is C12H12O4. The van der Waals surface area contributed by atoms with Crippen molar-refractivity contribution in [3.05, 3.63) is 29.3 Å². The maximum atomic E-state index is 11.8. The van der Waals surface area contributed by atoms with Gasteiger partial charge >= 0.3 is 5.97 Å². The topological polar surface area (TPSA) is 63.6 Å². The molecule has 2 rings (SSSR count). The first-order valence-electron chi connectivity index (χ1n) is 5.12. The van der Waals surface area contributed by atoms with E-state index in [1.54, 1.807) is 18.2 Å². The number of hydrogen-bond donors (Lipinski definition) is 1. The molecule has 0 saturated carbocycles. The minimum atomic E-state index is -1.10. The van der Waals surface area contributed by atoms with Gasteiger partial charge in [0.1, 0.15) is 11.7 Å². The van der Waals surface area contributed by atoms with Crippen LogP contribution in [0.2, 0.25) is 0 Å². The van der Waals surface area contributed by atoms with Crippen LogP contribution in [0.15, 0.2) is 18.2 Å². The maximum absolute atomic E-state index is 11.8. The summed E-state index contributed by atoms with van der Waals surface area (Å²) in [6.45, 7) is 2.02. The fraction of sp³-hybridized carbons (Fsp3) is 0.333. The molecule has 1 N–H and O–H groups in total. The van der Waals surface area contributed by atoms with E-state index in [0.29, 0.717) is 12.2 Å². The summed E-state index contributed by atoms with van der Waals surface area (Å²) >= 11 is 0. The van der Waals surface area contributed by atoms with Gasteiger partial charge in [0.05, 0.1) is 6.61 Å². The highest BCUT2D eigenvalue weighted by Gasteiger charge is 2.23. The number of carboxylic acid groups (broad SMARTS) is 1. The van der Waals surface area contributed by atoms with E-state index in [1.165, 1.54) is 6.92 Å². The van der Waals surface area contributed by atoms with E-state index in [-0.39, 0.29) is 5.78 Å². The molecule has 16 heavy (non-hydrogen) atoms. The molecule has 0 aromatic heterocycles. The second kappa shape index (κ2) is 3.96. The number of carboxylic acids is 1. The number of carbonyl (C=O) groups excluding carboxylic acids is 1. The van der Waals surface area contributed by atoms with Crippen molar-refractivity contribution >= 4 is 11.8 Å². The van der Waals surface area contributed by atoms with Crippen LogP contribution in [0.4, 0.5) is 0 Å². The summed E-state index contributed by atoms with van der Waals surface area (Å²) in [4.78, 5) is 22.5. The summed E-state index contributed by atoms with van der Waals surface area (Å²) in [5.74, 6) is -1.66. The summed E-state index contributed by atoms with van der Waals surface area (Å²) in [5.41, 5.74) is 1.42. The molecule has 1 aromatic carbocycles. The number of aliphatic carboxylic acids is 1. The second-order valence-corrected chi connectivity index (χ2v) is 3.85. The summed E-state index contributed by atoms with van der Waals surface area (Å²) in [7, 11) is 0. The van der Waals surface area contributed by atoms with Gasteiger partial charge in [0.2, 0.25) is 0 Å². The highest BCUT2D eigenvalue weighted by atomic mass is 16.5. The lowest BCUT2D eigenvalue weighted by Crippen LogP contribution is -2.20. The van der Waals surface area contributed by atoms with Crippen LogP contribution in [0.1, 0.15) is 22.8 Å². The van der Waals surface area contributed by atoms with E-state index in [0.717, 1.165) is 17.7 Å². The van der Waals surface area contributed by atoms with Crippen molar-refractivity contribution in [2.45, 2.75) is 13.3 Å². The van der Waals surface area contributed by atoms with Crippen molar-refractivity contribution in [3.63, 3.8) is 0 Å². The zero-order chi connectivity index (χ0) is 11.7. The van der Waals surface area contributed by atoms with E-state index in [1.807, 2.05) is 0 Å². The van der Waals surface area contributed by atoms with Gasteiger partial charge in [-0.2, -0.15) is 0 Å². The number of fused-ring (bicyclic) bond motifs is 1. The van der Waals surface area contributed by atoms with Crippen molar-refractivity contribution in [1.29, 1.82) is 0 Å². The number of carbonyl (C=O) groups is 2. The highest BCUT2D eigenvalue weighted by molar-refractivity contribution is 6.08. The Labute approximate surface area is 92.8 Å². The Balaban J connectivity index is 2.28. The van der Waals surface area contributed by atoms with E-state index >= 15 is 0 Å². The molecule has 1 unspecified atom stereocenters. The largest absolute Gasteiger partial charge is 0.493 e. The van der Waals surface area contributed by atoms with Crippen molar-refractivity contribution in [2.75, 3.05) is 6.61 Å². The van der Waals surface area contributed by atoms with Gasteiger partial charge in [-0.25, -0.2) is 0 Å². The average molecular weight is 220 g/mol. The molecule has 4 heteroatoms. The van der Waals surface area contributed by atoms with Crippen molar-refractivity contribution in [3.8, 4) is 5.75 Å². The monoisotopic (exact) mass is 220 g/mol. The van der Waals surface area contributed by atoms with Gasteiger partial charge in [0, 0.05) is 12.0 Å². The van der Waals surface area contributed by atoms with Gasteiger partial charge in [0.25, 0.3) is 0 Å². The Morgan fingerprint density at radius 3 is 2.88 bits per heavy atom. The van der Waals surface area contributed by atoms with Crippen LogP contribution in [-0.4, -0.2) is 23.5 Å². The van der Waals surface area contributed by atoms with Gasteiger partial charge in [0.15, 0.2) is 5.78 Å². The summed E-state index contributed by atoms with van der Waals surface area (Å²) in [5, 5.41) is 8.76. The molecule has 84 valence electrons. The molecular weight excluding hydrogens is 208 g/mol. The molecule has 0 spiro atoms. The molecule has 1 aromatic rings. The number of ketones is 1. The SMILES string of the molecule is CC(C(=O)O)C(=O)c1ccc2c(c1)CCO2. The smallest absolute Gasteiger partial charge is 0.314 e. The lowest BCUT2D eigenvalue weighted by molar-refractivity contribution is -0.139. The van der Waals surface area contributed by atoms with E-state index < -0.39 is 11.9 Å². The van der Waals surface area contributed by atoms with Crippen LogP contribution in [0.25, 0.3) is 0 Å². The first-order valence-corrected chi connectivity index (χ1v) is 5.12. The number of Topliss-reactive ketones (excluding diaryl/α,β-unsaturated/α-hetero) is 1. The fourth-order valence-electron chi connectivity index (χ4n) is 1.70. The Kier molecular flexibility index (Phi) is 2.64. The van der Waals surface area contributed by atoms with Crippen molar-refractivity contribution in [1.82, 2.24) is 0 Å². The zero-order valence-electron chi connectivity index (χ0n) is 8.90. The normalized spacial score (nSPS) is 15.1. The van der Waals surface area contributed by atoms with Gasteiger partial charge in [-0.1, -0.05) is 0 Å². The van der Waals surface area contributed by atoms with Gasteiger partial charge in [-0.05, 0) is 30.7 Å². The molecule has 4 nitrogen and oxygen atoms in total. The van der Waals surface area contributed by atoms with Crippen LogP contribution < -0.4 is 4.74 Å². The summed E-state index contributed by atoms with van der Waals surface area (Å²) in [6.07, 6.45) is 0.776. The second-order valence-electron chi connectivity index (χ2n) is 3.85. The summed E-state index contributed by atoms with van der Waals surface area (Å²) in [6, 6.07) is 5.07. The predicted molar refractivity (Wildman–Crippen MR) is 56.8 cm³/mol. The molecule has 0 fully saturated rings. The van der Waals surface area contributed by atoms with E-state index in [2.05, 4.69) is 0 Å². The number of hydrogen-bond acceptors (Lipinski definition) is 3. The first-order chi connectivity index (χ1) is 7.59. The Bertz CT molecular complexity index is 450. The van der Waals surface area contributed by atoms with Crippen LogP contribution in [-0.2, 0) is 11.2 Å². The molecule has 1 aliphatic heterocycles. The van der Waals surface area contributed by atoms with Crippen molar-refractivity contribution in [2.24, 2.45) is 5.92 Å². The lowest BCUT2D eigenvalue weighted by Gasteiger charge is -2.06. The molecule has 0 radical (unpaired) electrons. The maximum Gasteiger partial charge on any atom is 0.314 e. The van der Waals surface area contributed by atoms with Gasteiger partial charge in [-0.3, -0.25) is 9.59 Å². The molecule has 0 amide bonds. The third-order valence-corrected chi connectivity index (χ3v) is 2.74. The number of ether oxygens (including phenoxy) is 1.